The minimum Gasteiger partial charge on any atom is -0.480 e. The highest BCUT2D eigenvalue weighted by Gasteiger charge is 2.69. The number of hydrogen-bond acceptors (Lipinski definition) is 12. The van der Waals surface area contributed by atoms with Gasteiger partial charge in [0.1, 0.15) is 36.4 Å². The summed E-state index contributed by atoms with van der Waals surface area (Å²) in [5.41, 5.74) is 12.4. The molecule has 2 aromatic heterocycles. The van der Waals surface area contributed by atoms with Gasteiger partial charge in [-0.1, -0.05) is 26.2 Å². The number of carbonyl (C=O) groups is 2. The van der Waals surface area contributed by atoms with Crippen molar-refractivity contribution in [3.63, 3.8) is 0 Å². The van der Waals surface area contributed by atoms with Crippen LogP contribution in [-0.4, -0.2) is 93.5 Å². The first-order chi connectivity index (χ1) is 16.4. The summed E-state index contributed by atoms with van der Waals surface area (Å²) in [4.78, 5) is 34.5. The van der Waals surface area contributed by atoms with Crippen LogP contribution in [0.1, 0.15) is 39.5 Å². The van der Waals surface area contributed by atoms with E-state index in [4.69, 9.17) is 32.2 Å². The summed E-state index contributed by atoms with van der Waals surface area (Å²) in [5.74, 6) is -2.15. The molecule has 0 spiro atoms. The molecule has 2 unspecified atom stereocenters. The lowest BCUT2D eigenvalue weighted by molar-refractivity contribution is -0.200. The smallest absolute Gasteiger partial charge is 0.323 e. The molecule has 0 saturated carbocycles. The molecule has 196 valence electrons. The molecule has 1 saturated heterocycles. The number of nitrogen functional groups attached to an aromatic ring is 1. The van der Waals surface area contributed by atoms with Crippen LogP contribution in [0, 0.1) is 0 Å². The number of unbranched alkanes of at least 4 members (excludes halogenated alkanes) is 2. The number of fused-ring (bicyclic) bond motifs is 1. The molecule has 0 aliphatic carbocycles. The average molecular weight is 500 g/mol. The first kappa shape index (κ1) is 28.3. The van der Waals surface area contributed by atoms with E-state index in [1.807, 2.05) is 6.92 Å². The second-order valence-corrected chi connectivity index (χ2v) is 8.32. The zero-order chi connectivity index (χ0) is 26.6. The van der Waals surface area contributed by atoms with Gasteiger partial charge in [-0.05, 0) is 13.3 Å². The van der Waals surface area contributed by atoms with Crippen molar-refractivity contribution in [2.75, 3.05) is 12.3 Å². The van der Waals surface area contributed by atoms with Gasteiger partial charge in [0.25, 0.3) is 11.6 Å². The Labute approximate surface area is 200 Å². The molecule has 15 heteroatoms. The summed E-state index contributed by atoms with van der Waals surface area (Å²) in [7, 11) is 0. The van der Waals surface area contributed by atoms with Crippen LogP contribution in [0.5, 0.6) is 0 Å². The zero-order valence-electron chi connectivity index (χ0n) is 19.5. The van der Waals surface area contributed by atoms with Crippen molar-refractivity contribution in [3.8, 4) is 0 Å². The number of aliphatic hydroxyl groups excluding tert-OH is 3. The van der Waals surface area contributed by atoms with Crippen LogP contribution >= 0.6 is 0 Å². The predicted octanol–water partition coefficient (Wildman–Crippen LogP) is -2.61. The number of aliphatic hydroxyl groups is 4. The Morgan fingerprint density at radius 1 is 1.29 bits per heavy atom. The Balaban J connectivity index is 0.000000466. The number of primary amides is 1. The summed E-state index contributed by atoms with van der Waals surface area (Å²) in [6.45, 7) is 2.70. The van der Waals surface area contributed by atoms with Gasteiger partial charge in [-0.15, -0.1) is 0 Å². The van der Waals surface area contributed by atoms with Crippen LogP contribution in [0.3, 0.4) is 0 Å². The molecule has 11 N–H and O–H groups in total. The molecule has 3 heterocycles. The molecule has 1 aliphatic rings. The first-order valence-corrected chi connectivity index (χ1v) is 11.0. The summed E-state index contributed by atoms with van der Waals surface area (Å²) in [6.07, 6.45) is 0.765. The summed E-state index contributed by atoms with van der Waals surface area (Å²) < 4.78 is 6.87. The molecule has 0 radical (unpaired) electrons. The van der Waals surface area contributed by atoms with E-state index in [0.717, 1.165) is 17.4 Å². The largest absolute Gasteiger partial charge is 0.480 e. The van der Waals surface area contributed by atoms with E-state index in [1.54, 1.807) is 0 Å². The SMILES string of the molecule is CC(O)C(N)C(=O)O.CCCCC[C@@]1(O)[C@H](O)[C@@H](CO)O[C@@]1(C(N)=O)n1cnc2c(N)ncnc21. The predicted molar refractivity (Wildman–Crippen MR) is 121 cm³/mol. The highest BCUT2D eigenvalue weighted by Crippen LogP contribution is 2.47. The molecule has 1 aliphatic heterocycles. The number of nitrogens with zero attached hydrogens (tertiary/aromatic N) is 4. The van der Waals surface area contributed by atoms with Gasteiger partial charge in [0.15, 0.2) is 17.1 Å². The van der Waals surface area contributed by atoms with Crippen LogP contribution in [0.2, 0.25) is 0 Å². The number of rotatable bonds is 9. The molecule has 3 rings (SSSR count). The third kappa shape index (κ3) is 5.05. The van der Waals surface area contributed by atoms with Gasteiger partial charge < -0.3 is 47.5 Å². The van der Waals surface area contributed by atoms with Crippen LogP contribution in [-0.2, 0) is 20.1 Å². The third-order valence-electron chi connectivity index (χ3n) is 5.93. The zero-order valence-corrected chi connectivity index (χ0v) is 19.5. The molecule has 0 bridgehead atoms. The van der Waals surface area contributed by atoms with Gasteiger partial charge in [0, 0.05) is 0 Å². The number of hydrogen-bond donors (Lipinski definition) is 8. The number of aromatic nitrogens is 4. The number of anilines is 1. The van der Waals surface area contributed by atoms with E-state index >= 15 is 0 Å². The van der Waals surface area contributed by atoms with Crippen molar-refractivity contribution >= 4 is 28.9 Å². The lowest BCUT2D eigenvalue weighted by Crippen LogP contribution is -2.63. The van der Waals surface area contributed by atoms with Crippen molar-refractivity contribution in [3.05, 3.63) is 12.7 Å². The van der Waals surface area contributed by atoms with Crippen molar-refractivity contribution < 1.29 is 39.9 Å². The molecule has 35 heavy (non-hydrogen) atoms. The Morgan fingerprint density at radius 2 is 1.94 bits per heavy atom. The first-order valence-electron chi connectivity index (χ1n) is 11.0. The second kappa shape index (κ2) is 11.2. The molecule has 0 aromatic carbocycles. The fourth-order valence-electron chi connectivity index (χ4n) is 3.94. The average Bonchev–Trinajstić information content (AvgIpc) is 3.33. The number of carbonyl (C=O) groups excluding carboxylic acids is 1. The maximum absolute atomic E-state index is 12.6. The molecule has 15 nitrogen and oxygen atoms in total. The van der Waals surface area contributed by atoms with Crippen molar-refractivity contribution in [2.45, 2.75) is 75.2 Å². The molecular weight excluding hydrogens is 466 g/mol. The van der Waals surface area contributed by atoms with Gasteiger partial charge in [0.05, 0.1) is 12.7 Å². The maximum atomic E-state index is 12.6. The van der Waals surface area contributed by atoms with Crippen LogP contribution in [0.15, 0.2) is 12.7 Å². The standard InChI is InChI=1S/C16H24N6O5.C4H9NO3/c1-2-3-4-5-15(26)11(24)9(6-23)27-16(15,14(18)25)22-8-21-10-12(17)19-7-20-13(10)22;1-2(6)3(5)4(7)8/h7-9,11,23-24,26H,2-6H2,1H3,(H2,18,25)(H2,17,19,20);2-3,6H,5H2,1H3,(H,7,8)/t9-,11-,15-,16-;/m1./s1. The van der Waals surface area contributed by atoms with Crippen molar-refractivity contribution in [1.29, 1.82) is 0 Å². The van der Waals surface area contributed by atoms with Crippen molar-refractivity contribution in [1.82, 2.24) is 19.5 Å². The number of imidazole rings is 1. The van der Waals surface area contributed by atoms with E-state index in [-0.39, 0.29) is 23.4 Å². The Bertz CT molecular complexity index is 1030. The Kier molecular flexibility index (Phi) is 9.05. The number of carboxylic acid groups (broad SMARTS) is 1. The quantitative estimate of drug-likeness (QED) is 0.164. The minimum atomic E-state index is -2.22. The molecule has 2 aromatic rings. The lowest BCUT2D eigenvalue weighted by Gasteiger charge is -2.40. The number of carboxylic acids is 1. The van der Waals surface area contributed by atoms with Gasteiger partial charge in [0.2, 0.25) is 0 Å². The van der Waals surface area contributed by atoms with E-state index in [2.05, 4.69) is 15.0 Å². The van der Waals surface area contributed by atoms with E-state index in [9.17, 15) is 24.9 Å². The van der Waals surface area contributed by atoms with Gasteiger partial charge in [-0.2, -0.15) is 0 Å². The Morgan fingerprint density at radius 3 is 2.43 bits per heavy atom. The molecule has 1 amide bonds. The number of ether oxygens (including phenoxy) is 1. The normalized spacial score (nSPS) is 27.7. The van der Waals surface area contributed by atoms with E-state index in [1.165, 1.54) is 19.6 Å². The highest BCUT2D eigenvalue weighted by molar-refractivity contribution is 5.88. The lowest BCUT2D eigenvalue weighted by atomic mass is 9.80. The van der Waals surface area contributed by atoms with E-state index < -0.39 is 54.2 Å². The van der Waals surface area contributed by atoms with Gasteiger partial charge in [-0.25, -0.2) is 15.0 Å². The summed E-state index contributed by atoms with van der Waals surface area (Å²) in [6, 6.07) is -1.16. The third-order valence-corrected chi connectivity index (χ3v) is 5.93. The van der Waals surface area contributed by atoms with Crippen LogP contribution in [0.25, 0.3) is 11.2 Å². The Hall–Kier alpha value is -2.95. The van der Waals surface area contributed by atoms with E-state index in [0.29, 0.717) is 6.42 Å². The second-order valence-electron chi connectivity index (χ2n) is 8.32. The monoisotopic (exact) mass is 499 g/mol. The molecule has 1 fully saturated rings. The number of amides is 1. The van der Waals surface area contributed by atoms with Crippen LogP contribution in [0.4, 0.5) is 5.82 Å². The van der Waals surface area contributed by atoms with Gasteiger partial charge >= 0.3 is 5.97 Å². The number of aliphatic carboxylic acids is 1. The minimum absolute atomic E-state index is 0.0156. The maximum Gasteiger partial charge on any atom is 0.323 e. The fraction of sp³-hybridized carbons (Fsp3) is 0.650. The van der Waals surface area contributed by atoms with Crippen molar-refractivity contribution in [2.24, 2.45) is 11.5 Å². The number of nitrogens with two attached hydrogens (primary N) is 3. The molecular formula is C20H33N7O8. The van der Waals surface area contributed by atoms with Gasteiger partial charge in [-0.3, -0.25) is 14.2 Å². The summed E-state index contributed by atoms with van der Waals surface area (Å²) >= 11 is 0. The fourth-order valence-corrected chi connectivity index (χ4v) is 3.94. The van der Waals surface area contributed by atoms with Crippen LogP contribution < -0.4 is 17.2 Å². The summed E-state index contributed by atoms with van der Waals surface area (Å²) in [5, 5.41) is 48.3. The highest BCUT2D eigenvalue weighted by atomic mass is 16.6. The topological polar surface area (TPSA) is 266 Å². The molecule has 6 atom stereocenters.